The number of rotatable bonds is 4. The quantitative estimate of drug-likeness (QED) is 0.679. The van der Waals surface area contributed by atoms with E-state index in [1.807, 2.05) is 6.20 Å². The maximum absolute atomic E-state index is 8.89. The standard InChI is InChI=1S/C8H14N2O/c1-2-7(5-11)3-8-4-9-6-10-8/h4,6-7,11H,2-3,5H2,1H3,(H,9,10). The number of aliphatic hydroxyl groups is 1. The molecule has 0 radical (unpaired) electrons. The molecule has 1 atom stereocenters. The fraction of sp³-hybridized carbons (Fsp3) is 0.625. The molecule has 0 aliphatic carbocycles. The maximum atomic E-state index is 8.89. The number of nitrogens with one attached hydrogen (secondary N) is 1. The van der Waals surface area contributed by atoms with Crippen molar-refractivity contribution >= 4 is 0 Å². The third-order valence-corrected chi connectivity index (χ3v) is 1.89. The van der Waals surface area contributed by atoms with Crippen molar-refractivity contribution in [2.75, 3.05) is 6.61 Å². The smallest absolute Gasteiger partial charge is 0.0923 e. The van der Waals surface area contributed by atoms with Crippen molar-refractivity contribution < 1.29 is 5.11 Å². The van der Waals surface area contributed by atoms with Gasteiger partial charge in [0.2, 0.25) is 0 Å². The zero-order valence-electron chi connectivity index (χ0n) is 6.75. The fourth-order valence-electron chi connectivity index (χ4n) is 1.04. The lowest BCUT2D eigenvalue weighted by Crippen LogP contribution is -2.08. The second-order valence-corrected chi connectivity index (χ2v) is 2.72. The summed E-state index contributed by atoms with van der Waals surface area (Å²) in [6.07, 6.45) is 5.41. The summed E-state index contributed by atoms with van der Waals surface area (Å²) in [5, 5.41) is 8.89. The molecule has 1 aromatic heterocycles. The number of imidazole rings is 1. The van der Waals surface area contributed by atoms with E-state index >= 15 is 0 Å². The molecule has 1 rings (SSSR count). The Kier molecular flexibility index (Phi) is 3.11. The van der Waals surface area contributed by atoms with Crippen molar-refractivity contribution in [1.82, 2.24) is 9.97 Å². The van der Waals surface area contributed by atoms with Crippen molar-refractivity contribution in [2.45, 2.75) is 19.8 Å². The lowest BCUT2D eigenvalue weighted by Gasteiger charge is -2.07. The van der Waals surface area contributed by atoms with Gasteiger partial charge in [0, 0.05) is 12.8 Å². The summed E-state index contributed by atoms with van der Waals surface area (Å²) in [6.45, 7) is 2.33. The molecule has 3 heteroatoms. The third-order valence-electron chi connectivity index (χ3n) is 1.89. The molecule has 0 fully saturated rings. The minimum Gasteiger partial charge on any atom is -0.396 e. The summed E-state index contributed by atoms with van der Waals surface area (Å²) >= 11 is 0. The average molecular weight is 154 g/mol. The van der Waals surface area contributed by atoms with Crippen LogP contribution in [0.1, 0.15) is 19.0 Å². The first kappa shape index (κ1) is 8.27. The summed E-state index contributed by atoms with van der Waals surface area (Å²) in [4.78, 5) is 6.98. The molecule has 0 saturated carbocycles. The van der Waals surface area contributed by atoms with E-state index in [1.54, 1.807) is 6.33 Å². The Morgan fingerprint density at radius 3 is 3.00 bits per heavy atom. The Morgan fingerprint density at radius 1 is 1.73 bits per heavy atom. The summed E-state index contributed by atoms with van der Waals surface area (Å²) in [6, 6.07) is 0. The molecule has 0 amide bonds. The molecule has 62 valence electrons. The first-order chi connectivity index (χ1) is 5.36. The predicted molar refractivity (Wildman–Crippen MR) is 43.2 cm³/mol. The molecule has 1 aromatic rings. The highest BCUT2D eigenvalue weighted by atomic mass is 16.3. The molecule has 0 saturated heterocycles. The van der Waals surface area contributed by atoms with E-state index in [4.69, 9.17) is 5.11 Å². The number of hydrogen-bond acceptors (Lipinski definition) is 2. The van der Waals surface area contributed by atoms with Gasteiger partial charge < -0.3 is 10.1 Å². The van der Waals surface area contributed by atoms with Crippen LogP contribution < -0.4 is 0 Å². The average Bonchev–Trinajstić information content (AvgIpc) is 2.52. The van der Waals surface area contributed by atoms with Gasteiger partial charge in [-0.25, -0.2) is 4.98 Å². The zero-order valence-corrected chi connectivity index (χ0v) is 6.75. The predicted octanol–water partition coefficient (Wildman–Crippen LogP) is 0.971. The van der Waals surface area contributed by atoms with Crippen molar-refractivity contribution in [3.05, 3.63) is 18.2 Å². The van der Waals surface area contributed by atoms with Gasteiger partial charge >= 0.3 is 0 Å². The van der Waals surface area contributed by atoms with Gasteiger partial charge in [-0.3, -0.25) is 0 Å². The largest absolute Gasteiger partial charge is 0.396 e. The molecule has 3 nitrogen and oxygen atoms in total. The first-order valence-corrected chi connectivity index (χ1v) is 3.95. The highest BCUT2D eigenvalue weighted by molar-refractivity contribution is 4.95. The molecule has 0 spiro atoms. The number of aromatic nitrogens is 2. The van der Waals surface area contributed by atoms with Crippen LogP contribution in [0.25, 0.3) is 0 Å². The Morgan fingerprint density at radius 2 is 2.55 bits per heavy atom. The SMILES string of the molecule is CCC(CO)Cc1c[nH]cn1. The van der Waals surface area contributed by atoms with Gasteiger partial charge in [-0.05, 0) is 12.3 Å². The van der Waals surface area contributed by atoms with Gasteiger partial charge in [0.1, 0.15) is 0 Å². The van der Waals surface area contributed by atoms with Crippen molar-refractivity contribution in [1.29, 1.82) is 0 Å². The lowest BCUT2D eigenvalue weighted by atomic mass is 10.0. The van der Waals surface area contributed by atoms with E-state index in [2.05, 4.69) is 16.9 Å². The topological polar surface area (TPSA) is 48.9 Å². The van der Waals surface area contributed by atoms with Crippen molar-refractivity contribution in [2.24, 2.45) is 5.92 Å². The molecule has 0 aliphatic rings. The highest BCUT2D eigenvalue weighted by Gasteiger charge is 2.06. The number of aliphatic hydroxyl groups excluding tert-OH is 1. The zero-order chi connectivity index (χ0) is 8.10. The van der Waals surface area contributed by atoms with E-state index in [0.29, 0.717) is 5.92 Å². The number of aromatic amines is 1. The van der Waals surface area contributed by atoms with Gasteiger partial charge in [-0.1, -0.05) is 13.3 Å². The van der Waals surface area contributed by atoms with E-state index < -0.39 is 0 Å². The molecule has 2 N–H and O–H groups in total. The Bertz CT molecular complexity index is 180. The lowest BCUT2D eigenvalue weighted by molar-refractivity contribution is 0.221. The summed E-state index contributed by atoms with van der Waals surface area (Å²) in [5.41, 5.74) is 1.03. The summed E-state index contributed by atoms with van der Waals surface area (Å²) in [5.74, 6) is 0.360. The van der Waals surface area contributed by atoms with Crippen molar-refractivity contribution in [3.63, 3.8) is 0 Å². The van der Waals surface area contributed by atoms with Crippen LogP contribution in [-0.4, -0.2) is 21.7 Å². The third kappa shape index (κ3) is 2.35. The molecule has 1 heterocycles. The molecule has 0 aliphatic heterocycles. The van der Waals surface area contributed by atoms with E-state index in [1.165, 1.54) is 0 Å². The van der Waals surface area contributed by atoms with Crippen LogP contribution in [0.2, 0.25) is 0 Å². The second kappa shape index (κ2) is 4.13. The van der Waals surface area contributed by atoms with Crippen LogP contribution in [0.4, 0.5) is 0 Å². The summed E-state index contributed by atoms with van der Waals surface area (Å²) in [7, 11) is 0. The van der Waals surface area contributed by atoms with Gasteiger partial charge in [0.25, 0.3) is 0 Å². The molecule has 0 bridgehead atoms. The Hall–Kier alpha value is -0.830. The Labute approximate surface area is 66.5 Å². The second-order valence-electron chi connectivity index (χ2n) is 2.72. The molecule has 11 heavy (non-hydrogen) atoms. The molecular weight excluding hydrogens is 140 g/mol. The minimum absolute atomic E-state index is 0.253. The number of nitrogens with zero attached hydrogens (tertiary/aromatic N) is 1. The maximum Gasteiger partial charge on any atom is 0.0923 e. The highest BCUT2D eigenvalue weighted by Crippen LogP contribution is 2.08. The van der Waals surface area contributed by atoms with Crippen LogP contribution in [0, 0.1) is 5.92 Å². The first-order valence-electron chi connectivity index (χ1n) is 3.95. The van der Waals surface area contributed by atoms with Crippen LogP contribution in [0.3, 0.4) is 0 Å². The fourth-order valence-corrected chi connectivity index (χ4v) is 1.04. The Balaban J connectivity index is 2.41. The van der Waals surface area contributed by atoms with E-state index in [9.17, 15) is 0 Å². The number of hydrogen-bond donors (Lipinski definition) is 2. The van der Waals surface area contributed by atoms with Crippen LogP contribution in [0.15, 0.2) is 12.5 Å². The van der Waals surface area contributed by atoms with Gasteiger partial charge in [-0.2, -0.15) is 0 Å². The molecule has 0 aromatic carbocycles. The van der Waals surface area contributed by atoms with E-state index in [0.717, 1.165) is 18.5 Å². The van der Waals surface area contributed by atoms with E-state index in [-0.39, 0.29) is 6.61 Å². The molecule has 1 unspecified atom stereocenters. The summed E-state index contributed by atoms with van der Waals surface area (Å²) < 4.78 is 0. The van der Waals surface area contributed by atoms with Gasteiger partial charge in [0.15, 0.2) is 0 Å². The monoisotopic (exact) mass is 154 g/mol. The van der Waals surface area contributed by atoms with Gasteiger partial charge in [-0.15, -0.1) is 0 Å². The van der Waals surface area contributed by atoms with Gasteiger partial charge in [0.05, 0.1) is 12.0 Å². The minimum atomic E-state index is 0.253. The molecular formula is C8H14N2O. The normalized spacial score (nSPS) is 13.3. The van der Waals surface area contributed by atoms with Crippen LogP contribution >= 0.6 is 0 Å². The van der Waals surface area contributed by atoms with Crippen LogP contribution in [0.5, 0.6) is 0 Å². The number of H-pyrrole nitrogens is 1. The van der Waals surface area contributed by atoms with Crippen LogP contribution in [-0.2, 0) is 6.42 Å². The van der Waals surface area contributed by atoms with Crippen molar-refractivity contribution in [3.8, 4) is 0 Å².